The van der Waals surface area contributed by atoms with Crippen molar-refractivity contribution in [3.05, 3.63) is 0 Å². The minimum atomic E-state index is -0.0677. The standard InChI is InChI=1S/C9H17NO2/c1-7(11)4-3-5-9(10)6-8(2)12/h9H,3-6,10H2,1-2H3/t9-/m1/s1. The normalized spacial score (nSPS) is 12.6. The molecular formula is C9H17NO2. The van der Waals surface area contributed by atoms with Crippen LogP contribution in [0.5, 0.6) is 0 Å². The van der Waals surface area contributed by atoms with Gasteiger partial charge >= 0.3 is 0 Å². The first-order chi connectivity index (χ1) is 5.52. The van der Waals surface area contributed by atoms with Crippen LogP contribution < -0.4 is 5.73 Å². The second-order valence-corrected chi connectivity index (χ2v) is 3.26. The predicted molar refractivity (Wildman–Crippen MR) is 47.8 cm³/mol. The smallest absolute Gasteiger partial charge is 0.131 e. The molecule has 0 fully saturated rings. The van der Waals surface area contributed by atoms with Gasteiger partial charge in [-0.05, 0) is 26.7 Å². The van der Waals surface area contributed by atoms with E-state index in [0.29, 0.717) is 12.8 Å². The molecule has 70 valence electrons. The molecule has 0 aromatic carbocycles. The first kappa shape index (κ1) is 11.3. The maximum absolute atomic E-state index is 10.6. The number of nitrogens with two attached hydrogens (primary N) is 1. The van der Waals surface area contributed by atoms with E-state index in [2.05, 4.69) is 0 Å². The van der Waals surface area contributed by atoms with Gasteiger partial charge in [0.1, 0.15) is 11.6 Å². The van der Waals surface area contributed by atoms with Gasteiger partial charge in [-0.3, -0.25) is 4.79 Å². The molecule has 1 atom stereocenters. The van der Waals surface area contributed by atoms with E-state index in [-0.39, 0.29) is 17.6 Å². The largest absolute Gasteiger partial charge is 0.327 e. The Kier molecular flexibility index (Phi) is 5.54. The fraction of sp³-hybridized carbons (Fsp3) is 0.778. The predicted octanol–water partition coefficient (Wildman–Crippen LogP) is 1.05. The van der Waals surface area contributed by atoms with Crippen molar-refractivity contribution in [2.24, 2.45) is 5.73 Å². The van der Waals surface area contributed by atoms with Crippen LogP contribution in [0.15, 0.2) is 0 Å². The van der Waals surface area contributed by atoms with Gasteiger partial charge in [-0.2, -0.15) is 0 Å². The molecule has 0 aromatic heterocycles. The Hall–Kier alpha value is -0.700. The van der Waals surface area contributed by atoms with Crippen molar-refractivity contribution in [2.75, 3.05) is 0 Å². The van der Waals surface area contributed by atoms with Crippen LogP contribution in [0.25, 0.3) is 0 Å². The Morgan fingerprint density at radius 1 is 1.25 bits per heavy atom. The monoisotopic (exact) mass is 171 g/mol. The lowest BCUT2D eigenvalue weighted by Crippen LogP contribution is -2.22. The third kappa shape index (κ3) is 7.41. The summed E-state index contributed by atoms with van der Waals surface area (Å²) in [6.07, 6.45) is 2.56. The minimum Gasteiger partial charge on any atom is -0.327 e. The number of Topliss-reactive ketones (excluding diaryl/α,β-unsaturated/α-hetero) is 2. The number of rotatable bonds is 6. The SMILES string of the molecule is CC(=O)CCC[C@@H](N)CC(C)=O. The molecule has 12 heavy (non-hydrogen) atoms. The molecule has 0 aliphatic carbocycles. The summed E-state index contributed by atoms with van der Waals surface area (Å²) in [7, 11) is 0. The molecule has 0 saturated heterocycles. The van der Waals surface area contributed by atoms with Crippen molar-refractivity contribution in [3.63, 3.8) is 0 Å². The zero-order valence-corrected chi connectivity index (χ0v) is 7.80. The van der Waals surface area contributed by atoms with Crippen LogP contribution >= 0.6 is 0 Å². The number of carbonyl (C=O) groups excluding carboxylic acids is 2. The Morgan fingerprint density at radius 3 is 2.25 bits per heavy atom. The topological polar surface area (TPSA) is 60.2 Å². The lowest BCUT2D eigenvalue weighted by atomic mass is 10.0. The van der Waals surface area contributed by atoms with Gasteiger partial charge in [0.15, 0.2) is 0 Å². The van der Waals surface area contributed by atoms with Gasteiger partial charge in [-0.1, -0.05) is 0 Å². The lowest BCUT2D eigenvalue weighted by molar-refractivity contribution is -0.117. The third-order valence-electron chi connectivity index (χ3n) is 1.65. The quantitative estimate of drug-likeness (QED) is 0.649. The van der Waals surface area contributed by atoms with E-state index in [9.17, 15) is 9.59 Å². The van der Waals surface area contributed by atoms with E-state index >= 15 is 0 Å². The molecule has 0 saturated carbocycles. The summed E-state index contributed by atoms with van der Waals surface area (Å²) in [5, 5.41) is 0. The highest BCUT2D eigenvalue weighted by Gasteiger charge is 2.05. The summed E-state index contributed by atoms with van der Waals surface area (Å²) in [6, 6.07) is -0.0677. The zero-order chi connectivity index (χ0) is 9.56. The molecule has 0 aromatic rings. The molecule has 0 unspecified atom stereocenters. The summed E-state index contributed by atoms with van der Waals surface area (Å²) in [4.78, 5) is 21.1. The summed E-state index contributed by atoms with van der Waals surface area (Å²) < 4.78 is 0. The van der Waals surface area contributed by atoms with Crippen LogP contribution in [0.2, 0.25) is 0 Å². The van der Waals surface area contributed by atoms with Crippen LogP contribution in [-0.4, -0.2) is 17.6 Å². The zero-order valence-electron chi connectivity index (χ0n) is 7.80. The summed E-state index contributed by atoms with van der Waals surface area (Å²) in [5.41, 5.74) is 5.63. The molecule has 0 spiro atoms. The fourth-order valence-electron chi connectivity index (χ4n) is 1.08. The van der Waals surface area contributed by atoms with Crippen LogP contribution in [0.4, 0.5) is 0 Å². The third-order valence-corrected chi connectivity index (χ3v) is 1.65. The number of hydrogen-bond donors (Lipinski definition) is 1. The average Bonchev–Trinajstić information content (AvgIpc) is 1.84. The molecule has 0 radical (unpaired) electrons. The van der Waals surface area contributed by atoms with Gasteiger partial charge in [0.05, 0.1) is 0 Å². The van der Waals surface area contributed by atoms with Crippen molar-refractivity contribution in [1.82, 2.24) is 0 Å². The van der Waals surface area contributed by atoms with E-state index < -0.39 is 0 Å². The highest BCUT2D eigenvalue weighted by Crippen LogP contribution is 2.03. The Morgan fingerprint density at radius 2 is 1.83 bits per heavy atom. The van der Waals surface area contributed by atoms with Crippen LogP contribution in [0.3, 0.4) is 0 Å². The van der Waals surface area contributed by atoms with Crippen LogP contribution in [0.1, 0.15) is 39.5 Å². The van der Waals surface area contributed by atoms with Crippen molar-refractivity contribution in [2.45, 2.75) is 45.6 Å². The second-order valence-electron chi connectivity index (χ2n) is 3.26. The second kappa shape index (κ2) is 5.89. The number of carbonyl (C=O) groups is 2. The van der Waals surface area contributed by atoms with Gasteiger partial charge in [0.2, 0.25) is 0 Å². The molecule has 0 amide bonds. The van der Waals surface area contributed by atoms with E-state index in [1.165, 1.54) is 6.92 Å². The summed E-state index contributed by atoms with van der Waals surface area (Å²) in [5.74, 6) is 0.301. The molecule has 0 bridgehead atoms. The minimum absolute atomic E-state index is 0.0677. The first-order valence-electron chi connectivity index (χ1n) is 4.27. The summed E-state index contributed by atoms with van der Waals surface area (Å²) in [6.45, 7) is 3.10. The van der Waals surface area contributed by atoms with E-state index in [0.717, 1.165) is 12.8 Å². The van der Waals surface area contributed by atoms with Gasteiger partial charge in [0, 0.05) is 18.9 Å². The summed E-state index contributed by atoms with van der Waals surface area (Å²) >= 11 is 0. The molecule has 0 rings (SSSR count). The maximum Gasteiger partial charge on any atom is 0.131 e. The Balaban J connectivity index is 3.37. The van der Waals surface area contributed by atoms with E-state index in [1.54, 1.807) is 6.92 Å². The van der Waals surface area contributed by atoms with Crippen molar-refractivity contribution in [1.29, 1.82) is 0 Å². The highest BCUT2D eigenvalue weighted by molar-refractivity contribution is 5.76. The van der Waals surface area contributed by atoms with Crippen molar-refractivity contribution < 1.29 is 9.59 Å². The molecule has 0 aliphatic heterocycles. The molecule has 0 aliphatic rings. The van der Waals surface area contributed by atoms with Gasteiger partial charge < -0.3 is 10.5 Å². The van der Waals surface area contributed by atoms with Gasteiger partial charge in [0.25, 0.3) is 0 Å². The van der Waals surface area contributed by atoms with Crippen molar-refractivity contribution >= 4 is 11.6 Å². The van der Waals surface area contributed by atoms with Crippen LogP contribution in [-0.2, 0) is 9.59 Å². The molecule has 3 nitrogen and oxygen atoms in total. The Labute approximate surface area is 73.3 Å². The lowest BCUT2D eigenvalue weighted by Gasteiger charge is -2.07. The van der Waals surface area contributed by atoms with Crippen LogP contribution in [0, 0.1) is 0 Å². The Bertz CT molecular complexity index is 166. The fourth-order valence-corrected chi connectivity index (χ4v) is 1.08. The van der Waals surface area contributed by atoms with E-state index in [4.69, 9.17) is 5.73 Å². The van der Waals surface area contributed by atoms with E-state index in [1.807, 2.05) is 0 Å². The first-order valence-corrected chi connectivity index (χ1v) is 4.27. The maximum atomic E-state index is 10.6. The van der Waals surface area contributed by atoms with Gasteiger partial charge in [-0.15, -0.1) is 0 Å². The van der Waals surface area contributed by atoms with Gasteiger partial charge in [-0.25, -0.2) is 0 Å². The molecule has 2 N–H and O–H groups in total. The molecule has 0 heterocycles. The number of hydrogen-bond acceptors (Lipinski definition) is 3. The molecule has 3 heteroatoms. The van der Waals surface area contributed by atoms with Crippen molar-refractivity contribution in [3.8, 4) is 0 Å². The highest BCUT2D eigenvalue weighted by atomic mass is 16.1. The number of ketones is 2. The average molecular weight is 171 g/mol. The molecular weight excluding hydrogens is 154 g/mol.